The molecule has 33 heavy (non-hydrogen) atoms. The lowest BCUT2D eigenvalue weighted by Crippen LogP contribution is -2.00. The highest BCUT2D eigenvalue weighted by Gasteiger charge is 2.18. The van der Waals surface area contributed by atoms with Gasteiger partial charge in [0, 0.05) is 24.6 Å². The van der Waals surface area contributed by atoms with E-state index >= 15 is 0 Å². The normalized spacial score (nSPS) is 11.2. The Hall–Kier alpha value is -4.26. The molecule has 164 valence electrons. The van der Waals surface area contributed by atoms with Gasteiger partial charge < -0.3 is 10.2 Å². The van der Waals surface area contributed by atoms with Gasteiger partial charge in [0.2, 0.25) is 5.88 Å². The van der Waals surface area contributed by atoms with Crippen LogP contribution in [0.2, 0.25) is 0 Å². The van der Waals surface area contributed by atoms with Gasteiger partial charge in [-0.25, -0.2) is 18.7 Å². The predicted octanol–water partition coefficient (Wildman–Crippen LogP) is 5.27. The average Bonchev–Trinajstić information content (AvgIpc) is 3.13. The Kier molecular flexibility index (Phi) is 5.22. The quantitative estimate of drug-likeness (QED) is 0.388. The van der Waals surface area contributed by atoms with Gasteiger partial charge in [-0.05, 0) is 47.5 Å². The molecule has 0 saturated heterocycles. The molecule has 0 aliphatic carbocycles. The first kappa shape index (κ1) is 20.6. The molecule has 0 fully saturated rings. The zero-order valence-corrected chi connectivity index (χ0v) is 17.4. The van der Waals surface area contributed by atoms with E-state index in [0.29, 0.717) is 34.7 Å². The second kappa shape index (κ2) is 8.35. The maximum atomic E-state index is 13.7. The summed E-state index contributed by atoms with van der Waals surface area (Å²) in [5.41, 5.74) is 4.35. The number of benzene rings is 3. The van der Waals surface area contributed by atoms with E-state index in [9.17, 15) is 19.0 Å². The van der Waals surface area contributed by atoms with E-state index in [0.717, 1.165) is 23.3 Å². The summed E-state index contributed by atoms with van der Waals surface area (Å²) in [5, 5.41) is 20.6. The molecule has 5 nitrogen and oxygen atoms in total. The number of fused-ring (bicyclic) bond motifs is 1. The minimum atomic E-state index is -0.947. The molecule has 0 radical (unpaired) electrons. The molecule has 0 atom stereocenters. The number of aromatic nitrogens is 3. The van der Waals surface area contributed by atoms with Crippen LogP contribution in [0.5, 0.6) is 11.6 Å². The molecule has 0 bridgehead atoms. The number of halogens is 2. The van der Waals surface area contributed by atoms with E-state index in [1.54, 1.807) is 34.9 Å². The van der Waals surface area contributed by atoms with Crippen molar-refractivity contribution in [3.05, 3.63) is 113 Å². The van der Waals surface area contributed by atoms with E-state index in [1.807, 2.05) is 30.3 Å². The molecule has 3 aromatic carbocycles. The Labute approximate surface area is 188 Å². The Morgan fingerprint density at radius 1 is 0.727 bits per heavy atom. The number of hydrogen-bond acceptors (Lipinski definition) is 4. The van der Waals surface area contributed by atoms with Crippen molar-refractivity contribution < 1.29 is 19.0 Å². The van der Waals surface area contributed by atoms with Crippen molar-refractivity contribution in [1.29, 1.82) is 0 Å². The zero-order chi connectivity index (χ0) is 22.9. The van der Waals surface area contributed by atoms with Gasteiger partial charge in [-0.15, -0.1) is 0 Å². The average molecular weight is 443 g/mol. The smallest absolute Gasteiger partial charge is 0.219 e. The summed E-state index contributed by atoms with van der Waals surface area (Å²) in [5.74, 6) is -1.82. The van der Waals surface area contributed by atoms with Crippen LogP contribution in [0, 0.1) is 11.6 Å². The molecule has 0 amide bonds. The highest BCUT2D eigenvalue weighted by molar-refractivity contribution is 5.64. The van der Waals surface area contributed by atoms with Crippen molar-refractivity contribution in [2.75, 3.05) is 0 Å². The van der Waals surface area contributed by atoms with Crippen molar-refractivity contribution in [1.82, 2.24) is 14.4 Å². The second-order valence-electron chi connectivity index (χ2n) is 7.78. The Bertz CT molecular complexity index is 1450. The van der Waals surface area contributed by atoms with E-state index in [4.69, 9.17) is 4.98 Å². The lowest BCUT2D eigenvalue weighted by atomic mass is 10.1. The van der Waals surface area contributed by atoms with Crippen LogP contribution >= 0.6 is 0 Å². The number of aromatic hydroxyl groups is 2. The summed E-state index contributed by atoms with van der Waals surface area (Å²) in [6, 6.07) is 20.0. The van der Waals surface area contributed by atoms with Crippen LogP contribution in [0.25, 0.3) is 16.9 Å². The number of hydrogen-bond donors (Lipinski definition) is 2. The van der Waals surface area contributed by atoms with Gasteiger partial charge in [0.25, 0.3) is 0 Å². The highest BCUT2D eigenvalue weighted by atomic mass is 19.2. The SMILES string of the molecule is Oc1ccc(-c2cn3c(O)c(Cc4ccc(F)c(F)c4)nc3c(Cc3ccccc3)n2)cc1. The first-order valence-electron chi connectivity index (χ1n) is 10.3. The standard InChI is InChI=1S/C26H19F2N3O2/c27-20-11-6-17(12-21(20)28)14-23-26(33)31-15-24(18-7-9-19(32)10-8-18)29-22(25(31)30-23)13-16-4-2-1-3-5-16/h1-12,15,32-33H,13-14H2. The van der Waals surface area contributed by atoms with Crippen LogP contribution in [0.3, 0.4) is 0 Å². The van der Waals surface area contributed by atoms with Crippen molar-refractivity contribution in [3.63, 3.8) is 0 Å². The minimum absolute atomic E-state index is 0.0912. The summed E-state index contributed by atoms with van der Waals surface area (Å²) in [6.07, 6.45) is 2.29. The molecule has 2 N–H and O–H groups in total. The molecular formula is C26H19F2N3O2. The van der Waals surface area contributed by atoms with E-state index < -0.39 is 11.6 Å². The molecule has 0 saturated carbocycles. The third kappa shape index (κ3) is 4.13. The van der Waals surface area contributed by atoms with Crippen LogP contribution in [0.15, 0.2) is 79.0 Å². The first-order chi connectivity index (χ1) is 16.0. The molecule has 2 aromatic heterocycles. The van der Waals surface area contributed by atoms with Crippen LogP contribution in [-0.4, -0.2) is 24.6 Å². The fourth-order valence-corrected chi connectivity index (χ4v) is 3.78. The highest BCUT2D eigenvalue weighted by Crippen LogP contribution is 2.29. The van der Waals surface area contributed by atoms with Crippen molar-refractivity contribution >= 4 is 5.65 Å². The maximum Gasteiger partial charge on any atom is 0.219 e. The van der Waals surface area contributed by atoms with Crippen molar-refractivity contribution in [2.24, 2.45) is 0 Å². The van der Waals surface area contributed by atoms with Gasteiger partial charge in [-0.2, -0.15) is 0 Å². The molecule has 0 aliphatic rings. The van der Waals surface area contributed by atoms with E-state index in [2.05, 4.69) is 4.98 Å². The zero-order valence-electron chi connectivity index (χ0n) is 17.4. The number of nitrogens with zero attached hydrogens (tertiary/aromatic N) is 3. The van der Waals surface area contributed by atoms with Gasteiger partial charge >= 0.3 is 0 Å². The molecule has 2 heterocycles. The summed E-state index contributed by atoms with van der Waals surface area (Å²) in [4.78, 5) is 9.40. The number of phenols is 1. The molecule has 7 heteroatoms. The lowest BCUT2D eigenvalue weighted by Gasteiger charge is -2.08. The molecule has 5 aromatic rings. The number of phenolic OH excluding ortho intramolecular Hbond substituents is 1. The first-order valence-corrected chi connectivity index (χ1v) is 10.3. The van der Waals surface area contributed by atoms with Crippen LogP contribution < -0.4 is 0 Å². The topological polar surface area (TPSA) is 70.7 Å². The predicted molar refractivity (Wildman–Crippen MR) is 120 cm³/mol. The van der Waals surface area contributed by atoms with Crippen LogP contribution in [-0.2, 0) is 12.8 Å². The van der Waals surface area contributed by atoms with Crippen molar-refractivity contribution in [3.8, 4) is 22.9 Å². The van der Waals surface area contributed by atoms with Gasteiger partial charge in [0.05, 0.1) is 11.4 Å². The molecular weight excluding hydrogens is 424 g/mol. The summed E-state index contributed by atoms with van der Waals surface area (Å²) >= 11 is 0. The van der Waals surface area contributed by atoms with Crippen LogP contribution in [0.4, 0.5) is 8.78 Å². The second-order valence-corrected chi connectivity index (χ2v) is 7.78. The van der Waals surface area contributed by atoms with Gasteiger partial charge in [-0.1, -0.05) is 36.4 Å². The third-order valence-electron chi connectivity index (χ3n) is 5.45. The van der Waals surface area contributed by atoms with Gasteiger partial charge in [0.15, 0.2) is 17.3 Å². The minimum Gasteiger partial charge on any atom is -0.508 e. The fraction of sp³-hybridized carbons (Fsp3) is 0.0769. The van der Waals surface area contributed by atoms with E-state index in [-0.39, 0.29) is 18.1 Å². The Balaban J connectivity index is 1.63. The Morgan fingerprint density at radius 3 is 2.18 bits per heavy atom. The van der Waals surface area contributed by atoms with Crippen LogP contribution in [0.1, 0.15) is 22.5 Å². The lowest BCUT2D eigenvalue weighted by molar-refractivity contribution is 0.442. The van der Waals surface area contributed by atoms with Crippen molar-refractivity contribution in [2.45, 2.75) is 12.8 Å². The molecule has 0 unspecified atom stereocenters. The summed E-state index contributed by atoms with van der Waals surface area (Å²) in [7, 11) is 0. The van der Waals surface area contributed by atoms with E-state index in [1.165, 1.54) is 6.07 Å². The fourth-order valence-electron chi connectivity index (χ4n) is 3.78. The molecule has 5 rings (SSSR count). The Morgan fingerprint density at radius 2 is 1.45 bits per heavy atom. The number of rotatable bonds is 5. The third-order valence-corrected chi connectivity index (χ3v) is 5.45. The largest absolute Gasteiger partial charge is 0.508 e. The number of imidazole rings is 1. The summed E-state index contributed by atoms with van der Waals surface area (Å²) < 4.78 is 28.5. The monoisotopic (exact) mass is 443 g/mol. The molecule has 0 spiro atoms. The van der Waals surface area contributed by atoms with Gasteiger partial charge in [-0.3, -0.25) is 4.40 Å². The maximum absolute atomic E-state index is 13.7. The molecule has 0 aliphatic heterocycles. The van der Waals surface area contributed by atoms with Gasteiger partial charge in [0.1, 0.15) is 11.4 Å². The summed E-state index contributed by atoms with van der Waals surface area (Å²) in [6.45, 7) is 0.